The van der Waals surface area contributed by atoms with Gasteiger partial charge in [-0.2, -0.15) is 13.2 Å². The molecule has 1 heterocycles. The van der Waals surface area contributed by atoms with Crippen LogP contribution in [0.2, 0.25) is 5.02 Å². The molecule has 0 spiro atoms. The van der Waals surface area contributed by atoms with Gasteiger partial charge in [0.15, 0.2) is 5.78 Å². The Kier molecular flexibility index (Phi) is 5.56. The van der Waals surface area contributed by atoms with Gasteiger partial charge in [0.25, 0.3) is 0 Å². The van der Waals surface area contributed by atoms with Crippen LogP contribution in [-0.4, -0.2) is 18.8 Å². The standard InChI is InChI=1S/C23H19ClF3NO3/c1-31-20-8-3-2-5-14(20)15-12-21(30)28(17-6-4-7-19(29)22(15)17)18-11-13(23(25,26)27)9-10-16(18)24/h2-3,5,8-11,15H,4,6-7,12H2,1H3. The highest BCUT2D eigenvalue weighted by Gasteiger charge is 2.42. The lowest BCUT2D eigenvalue weighted by Crippen LogP contribution is -2.40. The molecule has 162 valence electrons. The highest BCUT2D eigenvalue weighted by atomic mass is 35.5. The molecule has 0 N–H and O–H groups in total. The van der Waals surface area contributed by atoms with Gasteiger partial charge in [0.05, 0.1) is 23.4 Å². The topological polar surface area (TPSA) is 46.6 Å². The van der Waals surface area contributed by atoms with Crippen molar-refractivity contribution in [3.63, 3.8) is 0 Å². The number of carbonyl (C=O) groups excluding carboxylic acids is 2. The molecular formula is C23H19ClF3NO3. The van der Waals surface area contributed by atoms with Crippen LogP contribution >= 0.6 is 11.6 Å². The second-order valence-electron chi connectivity index (χ2n) is 7.53. The van der Waals surface area contributed by atoms with Gasteiger partial charge >= 0.3 is 6.18 Å². The van der Waals surface area contributed by atoms with E-state index >= 15 is 0 Å². The van der Waals surface area contributed by atoms with E-state index < -0.39 is 23.6 Å². The zero-order chi connectivity index (χ0) is 22.3. The van der Waals surface area contributed by atoms with Crippen molar-refractivity contribution in [2.45, 2.75) is 37.8 Å². The number of Topliss-reactive ketones (excluding diaryl/α,β-unsaturated/α-hetero) is 1. The maximum absolute atomic E-state index is 13.3. The number of hydrogen-bond donors (Lipinski definition) is 0. The predicted octanol–water partition coefficient (Wildman–Crippen LogP) is 5.90. The van der Waals surface area contributed by atoms with E-state index in [9.17, 15) is 22.8 Å². The second-order valence-corrected chi connectivity index (χ2v) is 7.94. The molecule has 0 fully saturated rings. The van der Waals surface area contributed by atoms with Crippen molar-refractivity contribution < 1.29 is 27.5 Å². The maximum atomic E-state index is 13.3. The number of amides is 1. The molecule has 31 heavy (non-hydrogen) atoms. The molecule has 4 rings (SSSR count). The van der Waals surface area contributed by atoms with Gasteiger partial charge in [-0.3, -0.25) is 14.5 Å². The lowest BCUT2D eigenvalue weighted by molar-refractivity contribution is -0.137. The fourth-order valence-corrected chi connectivity index (χ4v) is 4.55. The molecule has 0 bridgehead atoms. The van der Waals surface area contributed by atoms with E-state index in [0.717, 1.165) is 18.2 Å². The number of halogens is 4. The molecule has 0 radical (unpaired) electrons. The third-order valence-corrected chi connectivity index (χ3v) is 6.02. The van der Waals surface area contributed by atoms with Crippen LogP contribution in [0.5, 0.6) is 5.75 Å². The van der Waals surface area contributed by atoms with Gasteiger partial charge in [0.1, 0.15) is 5.75 Å². The largest absolute Gasteiger partial charge is 0.496 e. The molecule has 2 aromatic rings. The van der Waals surface area contributed by atoms with Gasteiger partial charge in [-0.15, -0.1) is 0 Å². The van der Waals surface area contributed by atoms with Crippen LogP contribution in [0.4, 0.5) is 18.9 Å². The van der Waals surface area contributed by atoms with Crippen LogP contribution < -0.4 is 9.64 Å². The van der Waals surface area contributed by atoms with Crippen molar-refractivity contribution in [2.24, 2.45) is 0 Å². The maximum Gasteiger partial charge on any atom is 0.416 e. The summed E-state index contributed by atoms with van der Waals surface area (Å²) in [7, 11) is 1.51. The molecule has 1 aliphatic carbocycles. The predicted molar refractivity (Wildman–Crippen MR) is 110 cm³/mol. The molecule has 1 aliphatic heterocycles. The van der Waals surface area contributed by atoms with E-state index in [4.69, 9.17) is 16.3 Å². The van der Waals surface area contributed by atoms with Crippen LogP contribution in [0.1, 0.15) is 42.7 Å². The molecule has 2 aromatic carbocycles. The van der Waals surface area contributed by atoms with Crippen LogP contribution in [-0.2, 0) is 15.8 Å². The van der Waals surface area contributed by atoms with E-state index in [1.165, 1.54) is 12.0 Å². The Labute approximate surface area is 182 Å². The highest BCUT2D eigenvalue weighted by Crippen LogP contribution is 2.47. The quantitative estimate of drug-likeness (QED) is 0.586. The first-order valence-corrected chi connectivity index (χ1v) is 10.2. The summed E-state index contributed by atoms with van der Waals surface area (Å²) in [5.74, 6) is -0.494. The summed E-state index contributed by atoms with van der Waals surface area (Å²) < 4.78 is 45.3. The van der Waals surface area contributed by atoms with Gasteiger partial charge < -0.3 is 4.74 Å². The lowest BCUT2D eigenvalue weighted by Gasteiger charge is -2.39. The number of alkyl halides is 3. The third-order valence-electron chi connectivity index (χ3n) is 5.70. The minimum absolute atomic E-state index is 0.0157. The normalized spacial score (nSPS) is 19.5. The van der Waals surface area contributed by atoms with Crippen LogP contribution in [0.25, 0.3) is 0 Å². The van der Waals surface area contributed by atoms with Crippen molar-refractivity contribution in [3.05, 3.63) is 69.9 Å². The molecule has 8 heteroatoms. The number of benzene rings is 2. The molecule has 1 atom stereocenters. The summed E-state index contributed by atoms with van der Waals surface area (Å²) in [4.78, 5) is 27.4. The van der Waals surface area contributed by atoms with E-state index in [1.807, 2.05) is 0 Å². The molecule has 2 aliphatic rings. The summed E-state index contributed by atoms with van der Waals surface area (Å²) in [6, 6.07) is 10.0. The Morgan fingerprint density at radius 1 is 1.10 bits per heavy atom. The molecule has 1 amide bonds. The van der Waals surface area contributed by atoms with Crippen molar-refractivity contribution in [1.82, 2.24) is 0 Å². The monoisotopic (exact) mass is 449 g/mol. The Morgan fingerprint density at radius 2 is 1.84 bits per heavy atom. The minimum atomic E-state index is -4.59. The fourth-order valence-electron chi connectivity index (χ4n) is 4.35. The Bertz CT molecular complexity index is 1090. The first-order valence-electron chi connectivity index (χ1n) is 9.81. The van der Waals surface area contributed by atoms with Crippen molar-refractivity contribution in [2.75, 3.05) is 12.0 Å². The Balaban J connectivity index is 1.90. The smallest absolute Gasteiger partial charge is 0.416 e. The number of allylic oxidation sites excluding steroid dienone is 2. The van der Waals surface area contributed by atoms with Gasteiger partial charge in [-0.1, -0.05) is 29.8 Å². The summed E-state index contributed by atoms with van der Waals surface area (Å²) >= 11 is 6.22. The second kappa shape index (κ2) is 8.04. The molecular weight excluding hydrogens is 431 g/mol. The highest BCUT2D eigenvalue weighted by molar-refractivity contribution is 6.34. The third kappa shape index (κ3) is 3.82. The number of para-hydroxylation sites is 1. The van der Waals surface area contributed by atoms with E-state index in [1.54, 1.807) is 24.3 Å². The van der Waals surface area contributed by atoms with Gasteiger partial charge in [0.2, 0.25) is 5.91 Å². The van der Waals surface area contributed by atoms with Gasteiger partial charge in [-0.05, 0) is 37.1 Å². The minimum Gasteiger partial charge on any atom is -0.496 e. The number of ether oxygens (including phenoxy) is 1. The number of rotatable bonds is 3. The van der Waals surface area contributed by atoms with Crippen LogP contribution in [0.3, 0.4) is 0 Å². The Hall–Kier alpha value is -2.80. The SMILES string of the molecule is COc1ccccc1C1CC(=O)N(c2cc(C(F)(F)F)ccc2Cl)C2=C1C(=O)CCC2. The average Bonchev–Trinajstić information content (AvgIpc) is 2.73. The number of carbonyl (C=O) groups is 2. The zero-order valence-corrected chi connectivity index (χ0v) is 17.4. The molecule has 0 saturated carbocycles. The van der Waals surface area contributed by atoms with Crippen LogP contribution in [0.15, 0.2) is 53.7 Å². The zero-order valence-electron chi connectivity index (χ0n) is 16.6. The summed E-state index contributed by atoms with van der Waals surface area (Å²) in [5, 5.41) is 0.0157. The number of nitrogens with zero attached hydrogens (tertiary/aromatic N) is 1. The van der Waals surface area contributed by atoms with Gasteiger partial charge in [0, 0.05) is 35.6 Å². The average molecular weight is 450 g/mol. The van der Waals surface area contributed by atoms with E-state index in [-0.39, 0.29) is 22.9 Å². The number of anilines is 1. The van der Waals surface area contributed by atoms with E-state index in [2.05, 4.69) is 0 Å². The first-order chi connectivity index (χ1) is 14.7. The van der Waals surface area contributed by atoms with E-state index in [0.29, 0.717) is 41.8 Å². The molecule has 0 aromatic heterocycles. The Morgan fingerprint density at radius 3 is 2.55 bits per heavy atom. The molecule has 0 saturated heterocycles. The number of methoxy groups -OCH3 is 1. The van der Waals surface area contributed by atoms with Crippen molar-refractivity contribution in [3.8, 4) is 5.75 Å². The first kappa shape index (κ1) is 21.4. The number of hydrogen-bond acceptors (Lipinski definition) is 3. The fraction of sp³-hybridized carbons (Fsp3) is 0.304. The summed E-state index contributed by atoms with van der Waals surface area (Å²) in [5.41, 5.74) is 0.613. The molecule has 1 unspecified atom stereocenters. The van der Waals surface area contributed by atoms with Crippen molar-refractivity contribution in [1.29, 1.82) is 0 Å². The molecule has 4 nitrogen and oxygen atoms in total. The van der Waals surface area contributed by atoms with Gasteiger partial charge in [-0.25, -0.2) is 0 Å². The van der Waals surface area contributed by atoms with Crippen LogP contribution in [0, 0.1) is 0 Å². The number of ketones is 1. The lowest BCUT2D eigenvalue weighted by atomic mass is 9.77. The van der Waals surface area contributed by atoms with Crippen molar-refractivity contribution >= 4 is 29.0 Å². The summed E-state index contributed by atoms with van der Waals surface area (Å²) in [6.45, 7) is 0. The summed E-state index contributed by atoms with van der Waals surface area (Å²) in [6.07, 6.45) is -3.43.